The molecule has 3 aromatic rings. The van der Waals surface area contributed by atoms with Crippen LogP contribution in [0.2, 0.25) is 0 Å². The summed E-state index contributed by atoms with van der Waals surface area (Å²) in [5.74, 6) is 0.294. The Bertz CT molecular complexity index is 1120. The number of nitrogens with one attached hydrogen (secondary N) is 1. The van der Waals surface area contributed by atoms with Crippen LogP contribution < -0.4 is 20.4 Å². The van der Waals surface area contributed by atoms with Gasteiger partial charge in [-0.05, 0) is 36.8 Å². The molecule has 7 nitrogen and oxygen atoms in total. The van der Waals surface area contributed by atoms with Crippen molar-refractivity contribution in [3.63, 3.8) is 0 Å². The Balaban J connectivity index is 1.72. The van der Waals surface area contributed by atoms with Gasteiger partial charge in [0.05, 0.1) is 14.2 Å². The Morgan fingerprint density at radius 3 is 2.59 bits per heavy atom. The molecular weight excluding hydrogens is 350 g/mol. The van der Waals surface area contributed by atoms with Crippen LogP contribution in [-0.4, -0.2) is 20.2 Å². The second-order valence-electron chi connectivity index (χ2n) is 6.15. The Kier molecular flexibility index (Phi) is 3.99. The third kappa shape index (κ3) is 2.77. The molecule has 7 heteroatoms. The van der Waals surface area contributed by atoms with Crippen molar-refractivity contribution >= 4 is 22.6 Å². The molecule has 1 unspecified atom stereocenters. The van der Waals surface area contributed by atoms with Gasteiger partial charge in [-0.15, -0.1) is 0 Å². The monoisotopic (exact) mass is 367 g/mol. The van der Waals surface area contributed by atoms with Crippen LogP contribution in [0.1, 0.15) is 27.7 Å². The zero-order valence-electron chi connectivity index (χ0n) is 15.0. The van der Waals surface area contributed by atoms with Crippen molar-refractivity contribution in [2.75, 3.05) is 19.5 Å². The molecule has 0 saturated carbocycles. The van der Waals surface area contributed by atoms with E-state index >= 15 is 0 Å². The maximum Gasteiger partial charge on any atom is 0.344 e. The van der Waals surface area contributed by atoms with Crippen LogP contribution in [0.25, 0.3) is 11.0 Å². The lowest BCUT2D eigenvalue weighted by Crippen LogP contribution is -2.10. The van der Waals surface area contributed by atoms with Gasteiger partial charge in [0.25, 0.3) is 0 Å². The fraction of sp³-hybridized carbons (Fsp3) is 0.200. The van der Waals surface area contributed by atoms with Crippen LogP contribution in [0.5, 0.6) is 11.5 Å². The van der Waals surface area contributed by atoms with E-state index in [0.717, 1.165) is 10.9 Å². The first-order chi connectivity index (χ1) is 13.0. The average Bonchev–Trinajstić information content (AvgIpc) is 2.96. The van der Waals surface area contributed by atoms with E-state index < -0.39 is 17.8 Å². The number of carbonyl (C=O) groups excluding carboxylic acids is 1. The molecule has 4 rings (SSSR count). The molecule has 0 spiro atoms. The maximum absolute atomic E-state index is 12.4. The van der Waals surface area contributed by atoms with Gasteiger partial charge in [-0.1, -0.05) is 0 Å². The number of fused-ring (bicyclic) bond motifs is 2. The minimum absolute atomic E-state index is 0.331. The highest BCUT2D eigenvalue weighted by Crippen LogP contribution is 2.42. The van der Waals surface area contributed by atoms with Gasteiger partial charge in [0.1, 0.15) is 11.1 Å². The topological polar surface area (TPSA) is 87.0 Å². The molecular formula is C20H17NO6. The molecule has 0 aliphatic carbocycles. The first kappa shape index (κ1) is 17.0. The zero-order valence-corrected chi connectivity index (χ0v) is 15.0. The van der Waals surface area contributed by atoms with Crippen LogP contribution in [0.15, 0.2) is 45.6 Å². The lowest BCUT2D eigenvalue weighted by Gasteiger charge is -2.15. The molecule has 0 fully saturated rings. The lowest BCUT2D eigenvalue weighted by molar-refractivity contribution is 0.0435. The molecule has 0 bridgehead atoms. The molecule has 1 N–H and O–H groups in total. The third-order valence-electron chi connectivity index (χ3n) is 4.54. The van der Waals surface area contributed by atoms with E-state index in [2.05, 4.69) is 5.32 Å². The first-order valence-corrected chi connectivity index (χ1v) is 8.28. The number of carbonyl (C=O) groups is 1. The Hall–Kier alpha value is -3.48. The van der Waals surface area contributed by atoms with Gasteiger partial charge < -0.3 is 23.9 Å². The summed E-state index contributed by atoms with van der Waals surface area (Å²) in [6, 6.07) is 10.3. The first-order valence-electron chi connectivity index (χ1n) is 8.28. The minimum Gasteiger partial charge on any atom is -0.493 e. The summed E-state index contributed by atoms with van der Waals surface area (Å²) in [5, 5.41) is 3.99. The average molecular weight is 367 g/mol. The van der Waals surface area contributed by atoms with E-state index in [-0.39, 0.29) is 0 Å². The van der Waals surface area contributed by atoms with E-state index in [9.17, 15) is 9.59 Å². The second-order valence-corrected chi connectivity index (χ2v) is 6.15. The normalized spacial score (nSPS) is 15.4. The van der Waals surface area contributed by atoms with Gasteiger partial charge in [0.2, 0.25) is 6.23 Å². The number of rotatable bonds is 4. The highest BCUT2D eigenvalue weighted by atomic mass is 16.6. The largest absolute Gasteiger partial charge is 0.493 e. The van der Waals surface area contributed by atoms with Crippen LogP contribution in [0.3, 0.4) is 0 Å². The molecule has 138 valence electrons. The maximum atomic E-state index is 12.4. The van der Waals surface area contributed by atoms with Crippen LogP contribution >= 0.6 is 0 Å². The quantitative estimate of drug-likeness (QED) is 0.558. The Morgan fingerprint density at radius 1 is 1.04 bits per heavy atom. The number of hydrogen-bond acceptors (Lipinski definition) is 7. The smallest absolute Gasteiger partial charge is 0.344 e. The number of ether oxygens (including phenoxy) is 3. The van der Waals surface area contributed by atoms with E-state index in [1.165, 1.54) is 20.3 Å². The summed E-state index contributed by atoms with van der Waals surface area (Å²) >= 11 is 0. The van der Waals surface area contributed by atoms with Crippen LogP contribution in [0, 0.1) is 6.92 Å². The molecule has 1 aliphatic rings. The Morgan fingerprint density at radius 2 is 1.85 bits per heavy atom. The third-order valence-corrected chi connectivity index (χ3v) is 4.54. The standard InChI is InChI=1S/C20H17NO6/c1-10-8-16(22)26-15-9-11(4-5-12(10)15)21-19-13-6-7-14(24-2)18(25-3)17(13)20(23)27-19/h4-9,19,21H,1-3H3. The van der Waals surface area contributed by atoms with Crippen LogP contribution in [-0.2, 0) is 4.74 Å². The van der Waals surface area contributed by atoms with Crippen molar-refractivity contribution in [1.29, 1.82) is 0 Å². The van der Waals surface area contributed by atoms with Gasteiger partial charge in [0, 0.05) is 28.8 Å². The van der Waals surface area contributed by atoms with E-state index in [4.69, 9.17) is 18.6 Å². The predicted octanol–water partition coefficient (Wildman–Crippen LogP) is 3.40. The number of hydrogen-bond donors (Lipinski definition) is 1. The summed E-state index contributed by atoms with van der Waals surface area (Å²) in [6.07, 6.45) is -0.693. The molecule has 1 atom stereocenters. The van der Waals surface area contributed by atoms with Crippen molar-refractivity contribution < 1.29 is 23.4 Å². The van der Waals surface area contributed by atoms with Crippen molar-refractivity contribution in [3.05, 3.63) is 63.5 Å². The molecule has 1 aliphatic heterocycles. The fourth-order valence-corrected chi connectivity index (χ4v) is 3.27. The summed E-state index contributed by atoms with van der Waals surface area (Å²) in [6.45, 7) is 1.85. The minimum atomic E-state index is -0.693. The molecule has 2 heterocycles. The fourth-order valence-electron chi connectivity index (χ4n) is 3.27. The summed E-state index contributed by atoms with van der Waals surface area (Å²) in [4.78, 5) is 24.0. The van der Waals surface area contributed by atoms with Crippen molar-refractivity contribution in [2.45, 2.75) is 13.2 Å². The van der Waals surface area contributed by atoms with E-state index in [1.807, 2.05) is 19.1 Å². The van der Waals surface area contributed by atoms with Crippen molar-refractivity contribution in [1.82, 2.24) is 0 Å². The number of esters is 1. The number of aryl methyl sites for hydroxylation is 1. The van der Waals surface area contributed by atoms with Crippen molar-refractivity contribution in [2.24, 2.45) is 0 Å². The number of cyclic esters (lactones) is 1. The molecule has 0 amide bonds. The SMILES string of the molecule is COc1ccc2c(c1OC)C(=O)OC2Nc1ccc2c(C)cc(=O)oc2c1. The second kappa shape index (κ2) is 6.35. The highest BCUT2D eigenvalue weighted by molar-refractivity contribution is 5.98. The van der Waals surface area contributed by atoms with Crippen molar-refractivity contribution in [3.8, 4) is 11.5 Å². The summed E-state index contributed by atoms with van der Waals surface area (Å²) in [5.41, 5.74) is 2.51. The molecule has 1 aromatic heterocycles. The summed E-state index contributed by atoms with van der Waals surface area (Å²) < 4.78 is 21.3. The van der Waals surface area contributed by atoms with E-state index in [0.29, 0.717) is 33.9 Å². The van der Waals surface area contributed by atoms with Gasteiger partial charge in [-0.3, -0.25) is 0 Å². The number of methoxy groups -OCH3 is 2. The molecule has 0 radical (unpaired) electrons. The lowest BCUT2D eigenvalue weighted by atomic mass is 10.1. The van der Waals surface area contributed by atoms with E-state index in [1.54, 1.807) is 18.2 Å². The highest BCUT2D eigenvalue weighted by Gasteiger charge is 2.35. The zero-order chi connectivity index (χ0) is 19.1. The molecule has 27 heavy (non-hydrogen) atoms. The van der Waals surface area contributed by atoms with Crippen LogP contribution in [0.4, 0.5) is 5.69 Å². The Labute approximate surface area is 154 Å². The van der Waals surface area contributed by atoms with Gasteiger partial charge in [-0.2, -0.15) is 0 Å². The predicted molar refractivity (Wildman–Crippen MR) is 98.5 cm³/mol. The van der Waals surface area contributed by atoms with Gasteiger partial charge in [0.15, 0.2) is 11.5 Å². The van der Waals surface area contributed by atoms with Gasteiger partial charge in [-0.25, -0.2) is 9.59 Å². The molecule has 2 aromatic carbocycles. The molecule has 0 saturated heterocycles. The number of anilines is 1. The van der Waals surface area contributed by atoms with Gasteiger partial charge >= 0.3 is 11.6 Å². The summed E-state index contributed by atoms with van der Waals surface area (Å²) in [7, 11) is 2.98. The number of benzene rings is 2.